The third-order valence-electron chi connectivity index (χ3n) is 1.74. The Morgan fingerprint density at radius 3 is 1.87 bits per heavy atom. The minimum atomic E-state index is -3.29. The van der Waals surface area contributed by atoms with Gasteiger partial charge in [0.2, 0.25) is 0 Å². The van der Waals surface area contributed by atoms with Crippen LogP contribution in [0.25, 0.3) is 0 Å². The lowest BCUT2D eigenvalue weighted by molar-refractivity contribution is 0.475. The van der Waals surface area contributed by atoms with E-state index in [4.69, 9.17) is 0 Å². The zero-order valence-corrected chi connectivity index (χ0v) is 12.4. The van der Waals surface area contributed by atoms with Gasteiger partial charge in [-0.15, -0.1) is 0 Å². The van der Waals surface area contributed by atoms with Gasteiger partial charge < -0.3 is 0 Å². The molecule has 0 spiro atoms. The number of hydrogen-bond acceptors (Lipinski definition) is 4. The number of alkyl halides is 1. The molecule has 0 saturated carbocycles. The maximum Gasteiger partial charge on any atom is 0.151 e. The lowest BCUT2D eigenvalue weighted by atomic mass is 10.0. The summed E-state index contributed by atoms with van der Waals surface area (Å²) in [6, 6.07) is 0. The van der Waals surface area contributed by atoms with Crippen molar-refractivity contribution >= 4 is 35.6 Å². The highest BCUT2D eigenvalue weighted by Gasteiger charge is 2.25. The number of hydrogen-bond donors (Lipinski definition) is 0. The first kappa shape index (κ1) is 15.4. The van der Waals surface area contributed by atoms with Crippen LogP contribution in [0, 0.1) is 5.41 Å². The van der Waals surface area contributed by atoms with Crippen molar-refractivity contribution in [2.24, 2.45) is 5.41 Å². The van der Waals surface area contributed by atoms with E-state index in [0.29, 0.717) is 5.33 Å². The smallest absolute Gasteiger partial charge is 0.151 e. The van der Waals surface area contributed by atoms with Gasteiger partial charge in [0.1, 0.15) is 9.84 Å². The van der Waals surface area contributed by atoms with Crippen molar-refractivity contribution in [1.82, 2.24) is 0 Å². The molecule has 0 N–H and O–H groups in total. The minimum absolute atomic E-state index is 0.000764. The molecule has 0 aliphatic rings. The summed E-state index contributed by atoms with van der Waals surface area (Å²) in [5.74, 6) is -0.587. The molecular formula is C8H17BrO4S2. The Bertz CT molecular complexity index is 394. The summed E-state index contributed by atoms with van der Waals surface area (Å²) in [6.07, 6.45) is 1.04. The van der Waals surface area contributed by atoms with Crippen LogP contribution in [0.3, 0.4) is 0 Å². The molecule has 0 aromatic rings. The van der Waals surface area contributed by atoms with Crippen LogP contribution in [0.5, 0.6) is 0 Å². The van der Waals surface area contributed by atoms with Gasteiger partial charge >= 0.3 is 0 Å². The highest BCUT2D eigenvalue weighted by atomic mass is 79.9. The van der Waals surface area contributed by atoms with Gasteiger partial charge in [-0.05, 0) is 5.41 Å². The third kappa shape index (κ3) is 8.21. The molecule has 0 radical (unpaired) electrons. The molecule has 0 aromatic heterocycles. The SMILES string of the molecule is CC(C)(CBr)CS(=O)(=O)CCS(C)(=O)=O. The van der Waals surface area contributed by atoms with E-state index >= 15 is 0 Å². The molecule has 4 nitrogen and oxygen atoms in total. The van der Waals surface area contributed by atoms with Crippen LogP contribution in [0.15, 0.2) is 0 Å². The second-order valence-electron chi connectivity index (χ2n) is 4.52. The van der Waals surface area contributed by atoms with Crippen LogP contribution in [0.2, 0.25) is 0 Å². The largest absolute Gasteiger partial charge is 0.229 e. The lowest BCUT2D eigenvalue weighted by Crippen LogP contribution is -2.29. The normalized spacial score (nSPS) is 14.1. The Morgan fingerprint density at radius 1 is 1.07 bits per heavy atom. The minimum Gasteiger partial charge on any atom is -0.229 e. The quantitative estimate of drug-likeness (QED) is 0.681. The Kier molecular flexibility index (Phi) is 5.27. The summed E-state index contributed by atoms with van der Waals surface area (Å²) >= 11 is 3.23. The predicted octanol–water partition coefficient (Wildman–Crippen LogP) is 0.867. The zero-order chi connectivity index (χ0) is 12.3. The summed E-state index contributed by atoms with van der Waals surface area (Å²) in [5.41, 5.74) is -0.365. The molecule has 0 heterocycles. The molecule has 15 heavy (non-hydrogen) atoms. The van der Waals surface area contributed by atoms with Crippen LogP contribution in [0.4, 0.5) is 0 Å². The molecule has 0 aliphatic heterocycles. The number of sulfone groups is 2. The monoisotopic (exact) mass is 320 g/mol. The Hall–Kier alpha value is 0.380. The first-order valence-corrected chi connectivity index (χ1v) is 9.42. The predicted molar refractivity (Wildman–Crippen MR) is 65.9 cm³/mol. The fourth-order valence-corrected chi connectivity index (χ4v) is 5.11. The summed E-state index contributed by atoms with van der Waals surface area (Å²) in [4.78, 5) is 0. The van der Waals surface area contributed by atoms with Crippen molar-refractivity contribution in [3.8, 4) is 0 Å². The van der Waals surface area contributed by atoms with Gasteiger partial charge in [0.15, 0.2) is 9.84 Å². The topological polar surface area (TPSA) is 68.3 Å². The van der Waals surface area contributed by atoms with Crippen molar-refractivity contribution in [2.75, 3.05) is 28.8 Å². The average molecular weight is 321 g/mol. The number of rotatable bonds is 6. The summed E-state index contributed by atoms with van der Waals surface area (Å²) in [6.45, 7) is 3.64. The molecule has 0 amide bonds. The highest BCUT2D eigenvalue weighted by Crippen LogP contribution is 2.20. The first-order valence-electron chi connectivity index (χ1n) is 4.42. The molecule has 0 saturated heterocycles. The summed E-state index contributed by atoms with van der Waals surface area (Å²) in [5, 5.41) is 0.568. The molecule has 0 unspecified atom stereocenters. The van der Waals surface area contributed by atoms with E-state index in [-0.39, 0.29) is 22.7 Å². The molecule has 0 atom stereocenters. The fourth-order valence-electron chi connectivity index (χ4n) is 0.984. The average Bonchev–Trinajstić information content (AvgIpc) is 1.98. The van der Waals surface area contributed by atoms with Crippen LogP contribution in [-0.2, 0) is 19.7 Å². The van der Waals surface area contributed by atoms with Gasteiger partial charge in [-0.2, -0.15) is 0 Å². The molecule has 0 fully saturated rings. The van der Waals surface area contributed by atoms with Gasteiger partial charge in [-0.25, -0.2) is 16.8 Å². The summed E-state index contributed by atoms with van der Waals surface area (Å²) < 4.78 is 44.8. The number of halogens is 1. The van der Waals surface area contributed by atoms with E-state index in [2.05, 4.69) is 15.9 Å². The molecule has 0 rings (SSSR count). The standard InChI is InChI=1S/C8H17BrO4S2/c1-8(2,6-9)7-15(12,13)5-4-14(3,10)11/h4-7H2,1-3H3. The fraction of sp³-hybridized carbons (Fsp3) is 1.00. The summed E-state index contributed by atoms with van der Waals surface area (Å²) in [7, 11) is -6.50. The maximum absolute atomic E-state index is 11.6. The van der Waals surface area contributed by atoms with Crippen molar-refractivity contribution in [2.45, 2.75) is 13.8 Å². The van der Waals surface area contributed by atoms with E-state index in [1.807, 2.05) is 13.8 Å². The van der Waals surface area contributed by atoms with Gasteiger partial charge in [-0.1, -0.05) is 29.8 Å². The molecular weight excluding hydrogens is 304 g/mol. The molecule has 7 heteroatoms. The molecule has 0 aliphatic carbocycles. The van der Waals surface area contributed by atoms with Crippen molar-refractivity contribution < 1.29 is 16.8 Å². The Labute approximate surface area is 100 Å². The highest BCUT2D eigenvalue weighted by molar-refractivity contribution is 9.09. The molecule has 0 aromatic carbocycles. The van der Waals surface area contributed by atoms with Crippen molar-refractivity contribution in [1.29, 1.82) is 0 Å². The van der Waals surface area contributed by atoms with Gasteiger partial charge in [0.05, 0.1) is 17.3 Å². The van der Waals surface area contributed by atoms with E-state index < -0.39 is 19.7 Å². The van der Waals surface area contributed by atoms with Gasteiger partial charge in [-0.3, -0.25) is 0 Å². The lowest BCUT2D eigenvalue weighted by Gasteiger charge is -2.20. The van der Waals surface area contributed by atoms with Crippen LogP contribution in [0.1, 0.15) is 13.8 Å². The van der Waals surface area contributed by atoms with Crippen LogP contribution in [-0.4, -0.2) is 45.7 Å². The van der Waals surface area contributed by atoms with Crippen LogP contribution >= 0.6 is 15.9 Å². The zero-order valence-electron chi connectivity index (χ0n) is 9.16. The second kappa shape index (κ2) is 5.14. The van der Waals surface area contributed by atoms with Gasteiger partial charge in [0, 0.05) is 11.6 Å². The van der Waals surface area contributed by atoms with E-state index in [9.17, 15) is 16.8 Å². The van der Waals surface area contributed by atoms with Gasteiger partial charge in [0.25, 0.3) is 0 Å². The Balaban J connectivity index is 4.47. The molecule has 0 bridgehead atoms. The second-order valence-corrected chi connectivity index (χ2v) is 9.52. The maximum atomic E-state index is 11.6. The molecule has 92 valence electrons. The van der Waals surface area contributed by atoms with E-state index in [0.717, 1.165) is 6.26 Å². The van der Waals surface area contributed by atoms with Crippen LogP contribution < -0.4 is 0 Å². The van der Waals surface area contributed by atoms with Crippen molar-refractivity contribution in [3.05, 3.63) is 0 Å². The van der Waals surface area contributed by atoms with E-state index in [1.54, 1.807) is 0 Å². The van der Waals surface area contributed by atoms with Crippen molar-refractivity contribution in [3.63, 3.8) is 0 Å². The first-order chi connectivity index (χ1) is 6.47. The third-order valence-corrected chi connectivity index (χ3v) is 6.51. The Morgan fingerprint density at radius 2 is 1.53 bits per heavy atom. The van der Waals surface area contributed by atoms with E-state index in [1.165, 1.54) is 0 Å².